The molecule has 21 heavy (non-hydrogen) atoms. The molecule has 0 spiro atoms. The molecule has 0 saturated carbocycles. The highest BCUT2D eigenvalue weighted by Gasteiger charge is 2.19. The van der Waals surface area contributed by atoms with Crippen molar-refractivity contribution in [3.63, 3.8) is 0 Å². The van der Waals surface area contributed by atoms with Gasteiger partial charge in [-0.25, -0.2) is 13.9 Å². The number of nitrogens with zero attached hydrogens (tertiary/aromatic N) is 2. The van der Waals surface area contributed by atoms with Crippen molar-refractivity contribution in [1.29, 1.82) is 0 Å². The van der Waals surface area contributed by atoms with Crippen LogP contribution in [0.1, 0.15) is 0 Å². The van der Waals surface area contributed by atoms with E-state index in [-0.39, 0.29) is 28.4 Å². The van der Waals surface area contributed by atoms with Crippen LogP contribution >= 0.6 is 0 Å². The maximum absolute atomic E-state index is 13.3. The van der Waals surface area contributed by atoms with Gasteiger partial charge in [-0.1, -0.05) is 5.16 Å². The predicted molar refractivity (Wildman–Crippen MR) is 70.1 cm³/mol. The molecule has 3 N–H and O–H groups in total. The zero-order valence-corrected chi connectivity index (χ0v) is 10.4. The molecule has 0 radical (unpaired) electrons. The lowest BCUT2D eigenvalue weighted by molar-refractivity contribution is 0.439. The summed E-state index contributed by atoms with van der Waals surface area (Å²) in [5.74, 6) is -1.63. The molecule has 3 rings (SSSR count). The fourth-order valence-electron chi connectivity index (χ4n) is 1.93. The Bertz CT molecular complexity index is 832. The first-order chi connectivity index (χ1) is 10.0. The first kappa shape index (κ1) is 13.0. The van der Waals surface area contributed by atoms with Crippen LogP contribution in [0.4, 0.5) is 14.7 Å². The molecule has 3 aromatic rings. The lowest BCUT2D eigenvalue weighted by Gasteiger charge is -2.02. The number of aromatic amines is 1. The average molecular weight is 290 g/mol. The van der Waals surface area contributed by atoms with Gasteiger partial charge in [-0.2, -0.15) is 5.10 Å². The summed E-state index contributed by atoms with van der Waals surface area (Å²) in [5.41, 5.74) is 6.07. The average Bonchev–Trinajstić information content (AvgIpc) is 2.80. The van der Waals surface area contributed by atoms with Crippen molar-refractivity contribution in [2.45, 2.75) is 0 Å². The molecule has 0 aliphatic heterocycles. The maximum Gasteiger partial charge on any atom is 0.264 e. The normalized spacial score (nSPS) is 10.8. The number of nitrogens with two attached hydrogens (primary N) is 1. The highest BCUT2D eigenvalue weighted by Crippen LogP contribution is 2.35. The van der Waals surface area contributed by atoms with Gasteiger partial charge in [0.15, 0.2) is 0 Å². The highest BCUT2D eigenvalue weighted by molar-refractivity contribution is 5.85. The van der Waals surface area contributed by atoms with Crippen LogP contribution in [-0.4, -0.2) is 15.4 Å². The summed E-state index contributed by atoms with van der Waals surface area (Å²) >= 11 is 0. The van der Waals surface area contributed by atoms with Crippen molar-refractivity contribution in [3.05, 3.63) is 52.3 Å². The Labute approximate surface area is 116 Å². The van der Waals surface area contributed by atoms with E-state index in [1.165, 1.54) is 12.1 Å². The Morgan fingerprint density at radius 1 is 1.14 bits per heavy atom. The van der Waals surface area contributed by atoms with E-state index in [0.717, 1.165) is 18.2 Å². The number of hydrogen-bond donors (Lipinski definition) is 2. The summed E-state index contributed by atoms with van der Waals surface area (Å²) in [5, 5.41) is 9.74. The minimum absolute atomic E-state index is 0.108. The molecule has 0 aliphatic carbocycles. The first-order valence-corrected chi connectivity index (χ1v) is 5.82. The Kier molecular flexibility index (Phi) is 2.98. The zero-order chi connectivity index (χ0) is 15.0. The van der Waals surface area contributed by atoms with Gasteiger partial charge in [0.1, 0.15) is 23.0 Å². The van der Waals surface area contributed by atoms with Gasteiger partial charge in [-0.15, -0.1) is 0 Å². The molecule has 0 amide bonds. The van der Waals surface area contributed by atoms with Crippen molar-refractivity contribution >= 4 is 5.88 Å². The van der Waals surface area contributed by atoms with Gasteiger partial charge >= 0.3 is 0 Å². The Morgan fingerprint density at radius 3 is 2.48 bits per heavy atom. The number of aromatic nitrogens is 3. The molecular weight excluding hydrogens is 282 g/mol. The minimum Gasteiger partial charge on any atom is -0.367 e. The van der Waals surface area contributed by atoms with Gasteiger partial charge in [-0.05, 0) is 23.8 Å². The predicted octanol–water partition coefficient (Wildman–Crippen LogP) is 1.95. The van der Waals surface area contributed by atoms with Crippen LogP contribution in [0, 0.1) is 11.6 Å². The van der Waals surface area contributed by atoms with Gasteiger partial charge in [0.25, 0.3) is 5.56 Å². The standard InChI is InChI=1S/C13H8F2N4O2/c14-7-3-6(4-8(15)5-7)11-12(19-21-13(11)16)9-1-2-10(20)18-17-9/h1-5H,16H2,(H,18,20). The molecule has 0 aliphatic rings. The fourth-order valence-corrected chi connectivity index (χ4v) is 1.93. The smallest absolute Gasteiger partial charge is 0.264 e. The van der Waals surface area contributed by atoms with Crippen LogP contribution in [0.2, 0.25) is 0 Å². The summed E-state index contributed by atoms with van der Waals surface area (Å²) < 4.78 is 31.6. The molecule has 6 nitrogen and oxygen atoms in total. The molecule has 0 bridgehead atoms. The van der Waals surface area contributed by atoms with Gasteiger partial charge in [0.05, 0.1) is 5.56 Å². The number of hydrogen-bond acceptors (Lipinski definition) is 5. The molecular formula is C13H8F2N4O2. The van der Waals surface area contributed by atoms with Crippen molar-refractivity contribution in [2.75, 3.05) is 5.73 Å². The monoisotopic (exact) mass is 290 g/mol. The van der Waals surface area contributed by atoms with Crippen LogP contribution in [0.15, 0.2) is 39.6 Å². The van der Waals surface area contributed by atoms with Gasteiger partial charge < -0.3 is 10.3 Å². The number of benzene rings is 1. The number of rotatable bonds is 2. The van der Waals surface area contributed by atoms with Crippen molar-refractivity contribution in [2.24, 2.45) is 0 Å². The molecule has 106 valence electrons. The fraction of sp³-hybridized carbons (Fsp3) is 0. The van der Waals surface area contributed by atoms with Crippen LogP contribution in [0.25, 0.3) is 22.5 Å². The van der Waals surface area contributed by atoms with E-state index < -0.39 is 17.2 Å². The molecule has 2 heterocycles. The maximum atomic E-state index is 13.3. The lowest BCUT2D eigenvalue weighted by atomic mass is 10.0. The van der Waals surface area contributed by atoms with Crippen molar-refractivity contribution in [1.82, 2.24) is 15.4 Å². The summed E-state index contributed by atoms with van der Waals surface area (Å²) in [4.78, 5) is 11.0. The van der Waals surface area contributed by atoms with Crippen LogP contribution in [-0.2, 0) is 0 Å². The summed E-state index contributed by atoms with van der Waals surface area (Å²) in [7, 11) is 0. The summed E-state index contributed by atoms with van der Waals surface area (Å²) in [6.07, 6.45) is 0. The zero-order valence-electron chi connectivity index (χ0n) is 10.4. The number of halogens is 2. The molecule has 0 unspecified atom stereocenters. The van der Waals surface area contributed by atoms with E-state index >= 15 is 0 Å². The van der Waals surface area contributed by atoms with E-state index in [1.54, 1.807) is 0 Å². The van der Waals surface area contributed by atoms with E-state index in [1.807, 2.05) is 0 Å². The first-order valence-electron chi connectivity index (χ1n) is 5.82. The summed E-state index contributed by atoms with van der Waals surface area (Å²) in [6, 6.07) is 5.58. The molecule has 0 fully saturated rings. The van der Waals surface area contributed by atoms with Crippen LogP contribution in [0.3, 0.4) is 0 Å². The van der Waals surface area contributed by atoms with Gasteiger partial charge in [-0.3, -0.25) is 4.79 Å². The second kappa shape index (κ2) is 4.82. The lowest BCUT2D eigenvalue weighted by Crippen LogP contribution is -2.06. The molecule has 0 atom stereocenters. The molecule has 0 saturated heterocycles. The SMILES string of the molecule is Nc1onc(-c2ccc(=O)[nH]n2)c1-c1cc(F)cc(F)c1. The van der Waals surface area contributed by atoms with Crippen LogP contribution < -0.4 is 11.3 Å². The highest BCUT2D eigenvalue weighted by atomic mass is 19.1. The van der Waals surface area contributed by atoms with E-state index in [2.05, 4.69) is 15.4 Å². The second-order valence-corrected chi connectivity index (χ2v) is 4.23. The topological polar surface area (TPSA) is 97.8 Å². The summed E-state index contributed by atoms with van der Waals surface area (Å²) in [6.45, 7) is 0. The Hall–Kier alpha value is -3.03. The Balaban J connectivity index is 2.21. The Morgan fingerprint density at radius 2 is 1.86 bits per heavy atom. The molecule has 1 aromatic carbocycles. The minimum atomic E-state index is -0.758. The number of nitrogen functional groups attached to an aromatic ring is 1. The third-order valence-corrected chi connectivity index (χ3v) is 2.79. The number of nitrogens with one attached hydrogen (secondary N) is 1. The quantitative estimate of drug-likeness (QED) is 0.751. The van der Waals surface area contributed by atoms with E-state index in [0.29, 0.717) is 0 Å². The third kappa shape index (κ3) is 2.38. The van der Waals surface area contributed by atoms with E-state index in [4.69, 9.17) is 10.3 Å². The second-order valence-electron chi connectivity index (χ2n) is 4.23. The van der Waals surface area contributed by atoms with Crippen molar-refractivity contribution < 1.29 is 13.3 Å². The van der Waals surface area contributed by atoms with Crippen LogP contribution in [0.5, 0.6) is 0 Å². The third-order valence-electron chi connectivity index (χ3n) is 2.79. The molecule has 2 aromatic heterocycles. The van der Waals surface area contributed by atoms with E-state index in [9.17, 15) is 13.6 Å². The van der Waals surface area contributed by atoms with Crippen molar-refractivity contribution in [3.8, 4) is 22.5 Å². The largest absolute Gasteiger partial charge is 0.367 e. The van der Waals surface area contributed by atoms with Gasteiger partial charge in [0.2, 0.25) is 5.88 Å². The number of anilines is 1. The van der Waals surface area contributed by atoms with Gasteiger partial charge in [0, 0.05) is 12.1 Å². The number of H-pyrrole nitrogens is 1. The molecule has 8 heteroatoms.